The van der Waals surface area contributed by atoms with Crippen LogP contribution in [0.1, 0.15) is 13.8 Å². The Hall–Kier alpha value is -1.09. The van der Waals surface area contributed by atoms with Crippen molar-refractivity contribution in [3.63, 3.8) is 0 Å². The number of para-hydroxylation sites is 1. The lowest BCUT2D eigenvalue weighted by molar-refractivity contribution is 1.26. The zero-order valence-electron chi connectivity index (χ0n) is 8.69. The highest BCUT2D eigenvalue weighted by Gasteiger charge is 1.99. The van der Waals surface area contributed by atoms with Gasteiger partial charge in [0.25, 0.3) is 0 Å². The Bertz CT molecular complexity index is 396. The second kappa shape index (κ2) is 5.60. The van der Waals surface area contributed by atoms with Gasteiger partial charge < -0.3 is 0 Å². The third kappa shape index (κ3) is 2.23. The molecule has 0 aliphatic heterocycles. The summed E-state index contributed by atoms with van der Waals surface area (Å²) >= 11 is 1.70. The molecule has 0 amide bonds. The first kappa shape index (κ1) is 11.0. The Kier molecular flexibility index (Phi) is 4.40. The minimum absolute atomic E-state index is 0.962. The smallest absolute Gasteiger partial charge is 0.102 e. The van der Waals surface area contributed by atoms with E-state index in [1.54, 1.807) is 24.2 Å². The standard InChI is InChI=1S/C9H8N2S.C2H6/c1-12-8-4-2-3-7-9(8)11-6-5-10-7;1-2/h2-6H,1H3;1-2H3. The number of hydrogen-bond acceptors (Lipinski definition) is 3. The monoisotopic (exact) mass is 206 g/mol. The average Bonchev–Trinajstić information content (AvgIpc) is 2.31. The quantitative estimate of drug-likeness (QED) is 0.669. The highest BCUT2D eigenvalue weighted by atomic mass is 32.2. The van der Waals surface area contributed by atoms with E-state index in [1.807, 2.05) is 32.2 Å². The first-order valence-electron chi connectivity index (χ1n) is 4.65. The summed E-state index contributed by atoms with van der Waals surface area (Å²) in [5.41, 5.74) is 1.96. The molecule has 0 saturated carbocycles. The molecule has 0 N–H and O–H groups in total. The van der Waals surface area contributed by atoms with Crippen LogP contribution < -0.4 is 0 Å². The maximum atomic E-state index is 4.27. The number of rotatable bonds is 1. The van der Waals surface area contributed by atoms with Gasteiger partial charge in [0, 0.05) is 17.3 Å². The molecule has 0 radical (unpaired) electrons. The molecule has 1 heterocycles. The largest absolute Gasteiger partial charge is 0.253 e. The molecular weight excluding hydrogens is 192 g/mol. The number of benzene rings is 1. The third-order valence-electron chi connectivity index (χ3n) is 1.68. The first-order chi connectivity index (χ1) is 6.92. The van der Waals surface area contributed by atoms with Gasteiger partial charge in [-0.1, -0.05) is 19.9 Å². The van der Waals surface area contributed by atoms with Gasteiger partial charge in [0.2, 0.25) is 0 Å². The number of hydrogen-bond donors (Lipinski definition) is 0. The van der Waals surface area contributed by atoms with E-state index < -0.39 is 0 Å². The number of nitrogens with zero attached hydrogens (tertiary/aromatic N) is 2. The Morgan fingerprint density at radius 2 is 1.79 bits per heavy atom. The summed E-state index contributed by atoms with van der Waals surface area (Å²) in [5, 5.41) is 0. The summed E-state index contributed by atoms with van der Waals surface area (Å²) in [6.45, 7) is 4.00. The molecule has 3 heteroatoms. The van der Waals surface area contributed by atoms with Crippen LogP contribution in [0.3, 0.4) is 0 Å². The Balaban J connectivity index is 0.000000461. The molecule has 74 valence electrons. The molecule has 14 heavy (non-hydrogen) atoms. The summed E-state index contributed by atoms with van der Waals surface area (Å²) in [4.78, 5) is 9.66. The highest BCUT2D eigenvalue weighted by molar-refractivity contribution is 7.98. The van der Waals surface area contributed by atoms with Gasteiger partial charge in [-0.25, -0.2) is 0 Å². The van der Waals surface area contributed by atoms with Crippen molar-refractivity contribution >= 4 is 22.8 Å². The van der Waals surface area contributed by atoms with Gasteiger partial charge in [-0.15, -0.1) is 11.8 Å². The van der Waals surface area contributed by atoms with Crippen LogP contribution in [0.4, 0.5) is 0 Å². The second-order valence-corrected chi connectivity index (χ2v) is 3.23. The predicted molar refractivity (Wildman–Crippen MR) is 62.7 cm³/mol. The molecule has 2 nitrogen and oxygen atoms in total. The molecule has 1 aromatic heterocycles. The zero-order chi connectivity index (χ0) is 10.4. The van der Waals surface area contributed by atoms with Gasteiger partial charge in [0.15, 0.2) is 0 Å². The van der Waals surface area contributed by atoms with Crippen molar-refractivity contribution in [3.05, 3.63) is 30.6 Å². The van der Waals surface area contributed by atoms with Gasteiger partial charge in [-0.3, -0.25) is 9.97 Å². The fourth-order valence-corrected chi connectivity index (χ4v) is 1.70. The van der Waals surface area contributed by atoms with Crippen molar-refractivity contribution in [2.75, 3.05) is 6.26 Å². The lowest BCUT2D eigenvalue weighted by atomic mass is 10.3. The first-order valence-corrected chi connectivity index (χ1v) is 5.88. The average molecular weight is 206 g/mol. The third-order valence-corrected chi connectivity index (χ3v) is 2.45. The Labute approximate surface area is 88.8 Å². The Morgan fingerprint density at radius 3 is 2.50 bits per heavy atom. The van der Waals surface area contributed by atoms with Crippen molar-refractivity contribution in [3.8, 4) is 0 Å². The van der Waals surface area contributed by atoms with Gasteiger partial charge in [-0.05, 0) is 18.4 Å². The molecule has 2 rings (SSSR count). The van der Waals surface area contributed by atoms with E-state index in [0.717, 1.165) is 11.0 Å². The van der Waals surface area contributed by atoms with E-state index in [0.29, 0.717) is 0 Å². The second-order valence-electron chi connectivity index (χ2n) is 2.38. The van der Waals surface area contributed by atoms with Crippen LogP contribution in [-0.4, -0.2) is 16.2 Å². The maximum absolute atomic E-state index is 4.27. The topological polar surface area (TPSA) is 25.8 Å². The van der Waals surface area contributed by atoms with E-state index in [1.165, 1.54) is 4.90 Å². The highest BCUT2D eigenvalue weighted by Crippen LogP contribution is 2.22. The van der Waals surface area contributed by atoms with Crippen LogP contribution in [-0.2, 0) is 0 Å². The van der Waals surface area contributed by atoms with Crippen molar-refractivity contribution in [2.24, 2.45) is 0 Å². The lowest BCUT2D eigenvalue weighted by Gasteiger charge is -1.99. The molecule has 0 spiro atoms. The molecule has 0 saturated heterocycles. The SMILES string of the molecule is CC.CSc1cccc2nccnc12. The van der Waals surface area contributed by atoms with E-state index in [2.05, 4.69) is 16.0 Å². The Morgan fingerprint density at radius 1 is 1.07 bits per heavy atom. The van der Waals surface area contributed by atoms with Gasteiger partial charge in [0.1, 0.15) is 5.52 Å². The molecular formula is C11H14N2S. The van der Waals surface area contributed by atoms with Crippen LogP contribution in [0.2, 0.25) is 0 Å². The number of aromatic nitrogens is 2. The molecule has 0 aliphatic rings. The van der Waals surface area contributed by atoms with Crippen molar-refractivity contribution < 1.29 is 0 Å². The summed E-state index contributed by atoms with van der Waals surface area (Å²) in [6.07, 6.45) is 5.48. The maximum Gasteiger partial charge on any atom is 0.102 e. The van der Waals surface area contributed by atoms with E-state index in [-0.39, 0.29) is 0 Å². The van der Waals surface area contributed by atoms with Crippen molar-refractivity contribution in [1.29, 1.82) is 0 Å². The number of thioether (sulfide) groups is 1. The zero-order valence-corrected chi connectivity index (χ0v) is 9.51. The summed E-state index contributed by atoms with van der Waals surface area (Å²) < 4.78 is 0. The van der Waals surface area contributed by atoms with Crippen LogP contribution in [0.5, 0.6) is 0 Å². The summed E-state index contributed by atoms with van der Waals surface area (Å²) in [7, 11) is 0. The van der Waals surface area contributed by atoms with Crippen LogP contribution >= 0.6 is 11.8 Å². The fourth-order valence-electron chi connectivity index (χ4n) is 1.13. The van der Waals surface area contributed by atoms with Crippen LogP contribution in [0.15, 0.2) is 35.5 Å². The van der Waals surface area contributed by atoms with Crippen LogP contribution in [0.25, 0.3) is 11.0 Å². The summed E-state index contributed by atoms with van der Waals surface area (Å²) in [5.74, 6) is 0. The van der Waals surface area contributed by atoms with Crippen LogP contribution in [0, 0.1) is 0 Å². The molecule has 0 aliphatic carbocycles. The molecule has 0 bridgehead atoms. The molecule has 1 aromatic carbocycles. The van der Waals surface area contributed by atoms with Crippen molar-refractivity contribution in [1.82, 2.24) is 9.97 Å². The lowest BCUT2D eigenvalue weighted by Crippen LogP contribution is -1.83. The van der Waals surface area contributed by atoms with Gasteiger partial charge >= 0.3 is 0 Å². The van der Waals surface area contributed by atoms with Gasteiger partial charge in [0.05, 0.1) is 5.52 Å². The molecule has 2 aromatic rings. The normalized spacial score (nSPS) is 9.36. The van der Waals surface area contributed by atoms with Gasteiger partial charge in [-0.2, -0.15) is 0 Å². The predicted octanol–water partition coefficient (Wildman–Crippen LogP) is 3.38. The fraction of sp³-hybridized carbons (Fsp3) is 0.273. The minimum atomic E-state index is 0.962. The summed E-state index contributed by atoms with van der Waals surface area (Å²) in [6, 6.07) is 6.03. The number of fused-ring (bicyclic) bond motifs is 1. The minimum Gasteiger partial charge on any atom is -0.253 e. The van der Waals surface area contributed by atoms with Crippen molar-refractivity contribution in [2.45, 2.75) is 18.7 Å². The molecule has 0 fully saturated rings. The molecule has 0 atom stereocenters. The van der Waals surface area contributed by atoms with E-state index in [9.17, 15) is 0 Å². The molecule has 0 unspecified atom stereocenters. The van der Waals surface area contributed by atoms with E-state index in [4.69, 9.17) is 0 Å². The van der Waals surface area contributed by atoms with E-state index >= 15 is 0 Å².